The molecule has 0 radical (unpaired) electrons. The maximum absolute atomic E-state index is 11.2. The summed E-state index contributed by atoms with van der Waals surface area (Å²) in [6.45, 7) is -0.230. The van der Waals surface area contributed by atoms with Gasteiger partial charge in [-0.3, -0.25) is 4.79 Å². The summed E-state index contributed by atoms with van der Waals surface area (Å²) in [6, 6.07) is -1.47. The van der Waals surface area contributed by atoms with E-state index >= 15 is 0 Å². The molecule has 6 atom stereocenters. The number of nitrogens with one attached hydrogen (secondary N) is 1. The third-order valence-corrected chi connectivity index (χ3v) is 3.52. The van der Waals surface area contributed by atoms with Crippen LogP contribution < -0.4 is 5.32 Å². The highest BCUT2D eigenvalue weighted by molar-refractivity contribution is 5.76. The van der Waals surface area contributed by atoms with E-state index in [1.807, 2.05) is 0 Å². The zero-order valence-electron chi connectivity index (χ0n) is 12.5. The smallest absolute Gasteiger partial charge is 0.364 e. The number of rotatable bonds is 6. The Labute approximate surface area is 134 Å². The molecule has 13 nitrogen and oxygen atoms in total. The summed E-state index contributed by atoms with van der Waals surface area (Å²) < 4.78 is 4.85. The number of carboxylic acids is 1. The van der Waals surface area contributed by atoms with E-state index in [0.29, 0.717) is 0 Å². The molecule has 13 heteroatoms. The monoisotopic (exact) mass is 350 g/mol. The van der Waals surface area contributed by atoms with Crippen LogP contribution in [0, 0.1) is 0 Å². The Morgan fingerprint density at radius 1 is 1.58 bits per heavy atom. The zero-order chi connectivity index (χ0) is 18.7. The molecule has 1 amide bonds. The lowest BCUT2D eigenvalue weighted by molar-refractivity contribution is -0.302. The number of nitrogens with zero attached hydrogens (tertiary/aromatic N) is 3. The number of aliphatic hydroxyl groups is 5. The first-order valence-electron chi connectivity index (χ1n) is 6.67. The number of carbonyl (C=O) groups is 2. The van der Waals surface area contributed by atoms with Crippen molar-refractivity contribution in [2.75, 3.05) is 6.61 Å². The van der Waals surface area contributed by atoms with Gasteiger partial charge in [-0.15, -0.1) is 0 Å². The Morgan fingerprint density at radius 2 is 2.17 bits per heavy atom. The fourth-order valence-corrected chi connectivity index (χ4v) is 2.31. The van der Waals surface area contributed by atoms with E-state index in [4.69, 9.17) is 20.5 Å². The van der Waals surface area contributed by atoms with Crippen LogP contribution in [-0.4, -0.2) is 85.0 Å². The van der Waals surface area contributed by atoms with Gasteiger partial charge in [0.2, 0.25) is 5.91 Å². The van der Waals surface area contributed by atoms with Crippen molar-refractivity contribution in [2.24, 2.45) is 5.11 Å². The second-order valence-electron chi connectivity index (χ2n) is 5.34. The van der Waals surface area contributed by atoms with Crippen molar-refractivity contribution < 1.29 is 45.0 Å². The maximum Gasteiger partial charge on any atom is 0.364 e. The van der Waals surface area contributed by atoms with Crippen LogP contribution in [0.15, 0.2) is 5.11 Å². The van der Waals surface area contributed by atoms with Crippen LogP contribution in [0.2, 0.25) is 0 Å². The number of carbonyl (C=O) groups excluding carboxylic acids is 1. The highest BCUT2D eigenvalue weighted by atomic mass is 16.7. The van der Waals surface area contributed by atoms with Crippen molar-refractivity contribution >= 4 is 11.9 Å². The van der Waals surface area contributed by atoms with Gasteiger partial charge in [0.1, 0.15) is 12.2 Å². The zero-order valence-corrected chi connectivity index (χ0v) is 12.5. The van der Waals surface area contributed by atoms with Gasteiger partial charge >= 0.3 is 5.97 Å². The molecule has 1 rings (SSSR count). The summed E-state index contributed by atoms with van der Waals surface area (Å²) in [4.78, 5) is 24.6. The lowest BCUT2D eigenvalue weighted by Crippen LogP contribution is -2.69. The Morgan fingerprint density at radius 3 is 2.58 bits per heavy atom. The summed E-state index contributed by atoms with van der Waals surface area (Å²) in [5.74, 6) is -5.53. The van der Waals surface area contributed by atoms with Crippen molar-refractivity contribution in [1.82, 2.24) is 5.32 Å². The second-order valence-corrected chi connectivity index (χ2v) is 5.34. The largest absolute Gasteiger partial charge is 0.477 e. The first kappa shape index (κ1) is 20.1. The van der Waals surface area contributed by atoms with Crippen molar-refractivity contribution in [3.05, 3.63) is 10.4 Å². The number of aliphatic carboxylic acids is 1. The van der Waals surface area contributed by atoms with E-state index in [0.717, 1.165) is 6.92 Å². The predicted octanol–water partition coefficient (Wildman–Crippen LogP) is -3.23. The number of carboxylic acid groups (broad SMARTS) is 1. The molecule has 1 saturated heterocycles. The Hall–Kier alpha value is -1.99. The SMILES string of the molecule is CC(=O)N[C@H]1[C@H]([C@H](O)[C@](O)(CO)N=[N+]=[N-])OC(O)(C(=O)O)C[C@@H]1O. The van der Waals surface area contributed by atoms with Crippen LogP contribution in [0.1, 0.15) is 13.3 Å². The number of hydrogen-bond donors (Lipinski definition) is 7. The van der Waals surface area contributed by atoms with Crippen LogP contribution in [0.25, 0.3) is 10.4 Å². The minimum absolute atomic E-state index is 0.697. The lowest BCUT2D eigenvalue weighted by Gasteiger charge is -2.46. The average Bonchev–Trinajstić information content (AvgIpc) is 2.48. The molecule has 0 bridgehead atoms. The van der Waals surface area contributed by atoms with Gasteiger partial charge in [-0.25, -0.2) is 4.79 Å². The molecule has 24 heavy (non-hydrogen) atoms. The molecule has 0 spiro atoms. The third kappa shape index (κ3) is 3.91. The van der Waals surface area contributed by atoms with Crippen molar-refractivity contribution in [3.8, 4) is 0 Å². The van der Waals surface area contributed by atoms with Gasteiger partial charge in [-0.2, -0.15) is 0 Å². The Kier molecular flexibility index (Phi) is 6.08. The van der Waals surface area contributed by atoms with Gasteiger partial charge in [0, 0.05) is 18.3 Å². The fourth-order valence-electron chi connectivity index (χ4n) is 2.31. The summed E-state index contributed by atoms with van der Waals surface area (Å²) in [6.07, 6.45) is -6.77. The molecule has 0 aromatic rings. The number of azide groups is 1. The van der Waals surface area contributed by atoms with E-state index in [2.05, 4.69) is 15.3 Å². The Bertz CT molecular complexity index is 554. The topological polar surface area (TPSA) is 226 Å². The molecule has 1 heterocycles. The molecule has 1 aliphatic rings. The van der Waals surface area contributed by atoms with Gasteiger partial charge in [0.15, 0.2) is 5.72 Å². The highest BCUT2D eigenvalue weighted by Crippen LogP contribution is 2.32. The van der Waals surface area contributed by atoms with E-state index in [-0.39, 0.29) is 0 Å². The molecule has 0 aliphatic carbocycles. The molecule has 1 fully saturated rings. The van der Waals surface area contributed by atoms with Crippen LogP contribution in [0.4, 0.5) is 0 Å². The predicted molar refractivity (Wildman–Crippen MR) is 72.9 cm³/mol. The average molecular weight is 350 g/mol. The number of ether oxygens (including phenoxy) is 1. The van der Waals surface area contributed by atoms with E-state index < -0.39 is 60.8 Å². The van der Waals surface area contributed by atoms with Crippen LogP contribution >= 0.6 is 0 Å². The quantitative estimate of drug-likeness (QED) is 0.145. The molecular formula is C11H18N4O9. The van der Waals surface area contributed by atoms with Crippen LogP contribution in [-0.2, 0) is 14.3 Å². The first-order valence-corrected chi connectivity index (χ1v) is 6.67. The van der Waals surface area contributed by atoms with Gasteiger partial charge < -0.3 is 40.7 Å². The number of hydrogen-bond acceptors (Lipinski definition) is 9. The molecule has 1 aliphatic heterocycles. The van der Waals surface area contributed by atoms with E-state index in [9.17, 15) is 30.0 Å². The summed E-state index contributed by atoms with van der Waals surface area (Å²) in [5.41, 5.74) is 5.55. The summed E-state index contributed by atoms with van der Waals surface area (Å²) in [5, 5.41) is 63.2. The first-order chi connectivity index (χ1) is 11.0. The number of aliphatic hydroxyl groups excluding tert-OH is 3. The third-order valence-electron chi connectivity index (χ3n) is 3.52. The molecule has 0 saturated carbocycles. The number of amides is 1. The molecule has 136 valence electrons. The van der Waals surface area contributed by atoms with Crippen LogP contribution in [0.5, 0.6) is 0 Å². The minimum atomic E-state index is -2.94. The molecule has 7 N–H and O–H groups in total. The van der Waals surface area contributed by atoms with Gasteiger partial charge in [-0.05, 0) is 5.53 Å². The van der Waals surface area contributed by atoms with E-state index in [1.54, 1.807) is 0 Å². The molecule has 1 unspecified atom stereocenters. The Balaban J connectivity index is 3.29. The van der Waals surface area contributed by atoms with Crippen molar-refractivity contribution in [1.29, 1.82) is 0 Å². The fraction of sp³-hybridized carbons (Fsp3) is 0.818. The normalized spacial score (nSPS) is 33.7. The molecule has 0 aromatic heterocycles. The molecular weight excluding hydrogens is 332 g/mol. The maximum atomic E-state index is 11.2. The van der Waals surface area contributed by atoms with Crippen molar-refractivity contribution in [3.63, 3.8) is 0 Å². The summed E-state index contributed by atoms with van der Waals surface area (Å²) in [7, 11) is 0. The second kappa shape index (κ2) is 7.27. The van der Waals surface area contributed by atoms with Gasteiger partial charge in [0.05, 0.1) is 18.8 Å². The van der Waals surface area contributed by atoms with Crippen LogP contribution in [0.3, 0.4) is 0 Å². The van der Waals surface area contributed by atoms with Crippen molar-refractivity contribution in [2.45, 2.75) is 49.2 Å². The molecule has 0 aromatic carbocycles. The lowest BCUT2D eigenvalue weighted by atomic mass is 9.87. The minimum Gasteiger partial charge on any atom is -0.477 e. The van der Waals surface area contributed by atoms with Gasteiger partial charge in [0.25, 0.3) is 5.79 Å². The highest BCUT2D eigenvalue weighted by Gasteiger charge is 2.56. The van der Waals surface area contributed by atoms with E-state index in [1.165, 1.54) is 0 Å². The summed E-state index contributed by atoms with van der Waals surface area (Å²) >= 11 is 0. The standard InChI is InChI=1S/C11H18N4O9/c1-4(17)13-6-5(18)2-11(23,9(20)21)24-7(6)8(19)10(22,3-16)14-15-12/h5-8,16,18-19,22-23H,2-3H2,1H3,(H,13,17)(H,20,21)/t5-,6+,7+,8-,10+,11?/m0/s1. The van der Waals surface area contributed by atoms with Gasteiger partial charge in [-0.1, -0.05) is 5.11 Å².